The molecule has 3 rings (SSSR count). The number of nitrogens with zero attached hydrogens (tertiary/aromatic N) is 1. The minimum absolute atomic E-state index is 0.0790. The van der Waals surface area contributed by atoms with Crippen molar-refractivity contribution in [1.29, 1.82) is 0 Å². The van der Waals surface area contributed by atoms with Crippen LogP contribution in [-0.2, 0) is 0 Å². The molecule has 2 aromatic heterocycles. The molecule has 7 heteroatoms. The monoisotopic (exact) mass is 351 g/mol. The minimum Gasteiger partial charge on any atom is -0.360 e. The Balaban J connectivity index is 1.95. The number of aromatic nitrogens is 2. The van der Waals surface area contributed by atoms with Crippen LogP contribution in [0.3, 0.4) is 0 Å². The molecule has 0 unspecified atom stereocenters. The van der Waals surface area contributed by atoms with Gasteiger partial charge in [0.05, 0.1) is 12.1 Å². The minimum atomic E-state index is -0.448. The Morgan fingerprint density at radius 1 is 1.38 bits per heavy atom. The highest BCUT2D eigenvalue weighted by atomic mass is 19.1. The van der Waals surface area contributed by atoms with E-state index in [1.807, 2.05) is 0 Å². The number of nitrogens with one attached hydrogen (secondary N) is 2. The lowest BCUT2D eigenvalue weighted by Crippen LogP contribution is -2.23. The van der Waals surface area contributed by atoms with E-state index in [0.29, 0.717) is 11.3 Å². The topological polar surface area (TPSA) is 88.0 Å². The molecule has 0 radical (unpaired) electrons. The summed E-state index contributed by atoms with van der Waals surface area (Å²) in [6.07, 6.45) is 6.51. The van der Waals surface area contributed by atoms with Gasteiger partial charge in [0.25, 0.3) is 5.91 Å². The highest BCUT2D eigenvalue weighted by Gasteiger charge is 2.24. The number of halogens is 1. The molecule has 0 spiro atoms. The van der Waals surface area contributed by atoms with E-state index in [4.69, 9.17) is 10.9 Å². The Morgan fingerprint density at radius 3 is 2.92 bits per heavy atom. The number of ketones is 1. The molecule has 0 saturated carbocycles. The van der Waals surface area contributed by atoms with E-state index in [2.05, 4.69) is 21.4 Å². The van der Waals surface area contributed by atoms with Gasteiger partial charge in [0.15, 0.2) is 5.78 Å². The first-order chi connectivity index (χ1) is 12.5. The van der Waals surface area contributed by atoms with Crippen LogP contribution in [0.4, 0.5) is 4.39 Å². The molecule has 26 heavy (non-hydrogen) atoms. The summed E-state index contributed by atoms with van der Waals surface area (Å²) in [7, 11) is 0. The fourth-order valence-corrected chi connectivity index (χ4v) is 2.50. The lowest BCUT2D eigenvalue weighted by atomic mass is 9.99. The van der Waals surface area contributed by atoms with E-state index in [1.54, 1.807) is 13.0 Å². The lowest BCUT2D eigenvalue weighted by molar-refractivity contribution is 0.0954. The molecule has 0 bridgehead atoms. The van der Waals surface area contributed by atoms with Gasteiger partial charge in [-0.25, -0.2) is 4.39 Å². The van der Waals surface area contributed by atoms with Crippen LogP contribution < -0.4 is 5.32 Å². The number of hydrogen-bond donors (Lipinski definition) is 2. The third-order valence-electron chi connectivity index (χ3n) is 3.73. The van der Waals surface area contributed by atoms with Gasteiger partial charge in [0.1, 0.15) is 23.0 Å². The van der Waals surface area contributed by atoms with Crippen LogP contribution >= 0.6 is 0 Å². The van der Waals surface area contributed by atoms with Crippen molar-refractivity contribution in [2.24, 2.45) is 0 Å². The molecule has 0 saturated heterocycles. The number of rotatable bonds is 5. The quantitative estimate of drug-likeness (QED) is 0.546. The van der Waals surface area contributed by atoms with E-state index >= 15 is 0 Å². The summed E-state index contributed by atoms with van der Waals surface area (Å²) in [6.45, 7) is 1.67. The zero-order valence-corrected chi connectivity index (χ0v) is 13.8. The van der Waals surface area contributed by atoms with Crippen LogP contribution in [-0.4, -0.2) is 28.4 Å². The third kappa shape index (κ3) is 3.26. The zero-order chi connectivity index (χ0) is 18.7. The van der Waals surface area contributed by atoms with Crippen LogP contribution in [0.1, 0.15) is 32.2 Å². The van der Waals surface area contributed by atoms with E-state index < -0.39 is 17.5 Å². The van der Waals surface area contributed by atoms with Crippen molar-refractivity contribution >= 4 is 11.7 Å². The molecule has 0 aliphatic carbocycles. The Labute approximate surface area is 148 Å². The summed E-state index contributed by atoms with van der Waals surface area (Å²) < 4.78 is 18.6. The number of amides is 1. The van der Waals surface area contributed by atoms with Crippen molar-refractivity contribution in [2.45, 2.75) is 6.92 Å². The predicted molar refractivity (Wildman–Crippen MR) is 92.0 cm³/mol. The summed E-state index contributed by atoms with van der Waals surface area (Å²) in [5, 5.41) is 6.38. The molecular weight excluding hydrogens is 337 g/mol. The lowest BCUT2D eigenvalue weighted by Gasteiger charge is -2.01. The van der Waals surface area contributed by atoms with Crippen LogP contribution in [0.25, 0.3) is 11.3 Å². The maximum absolute atomic E-state index is 13.5. The molecule has 130 valence electrons. The van der Waals surface area contributed by atoms with Crippen molar-refractivity contribution in [3.63, 3.8) is 0 Å². The van der Waals surface area contributed by atoms with Crippen molar-refractivity contribution in [3.05, 3.63) is 64.9 Å². The first-order valence-corrected chi connectivity index (χ1v) is 7.68. The van der Waals surface area contributed by atoms with Crippen molar-refractivity contribution in [2.75, 3.05) is 6.54 Å². The molecule has 6 nitrogen and oxygen atoms in total. The van der Waals surface area contributed by atoms with Gasteiger partial charge in [-0.1, -0.05) is 23.2 Å². The van der Waals surface area contributed by atoms with Gasteiger partial charge in [-0.05, 0) is 25.1 Å². The van der Waals surface area contributed by atoms with Gasteiger partial charge >= 0.3 is 0 Å². The third-order valence-corrected chi connectivity index (χ3v) is 3.73. The smallest absolute Gasteiger partial charge is 0.268 e. The van der Waals surface area contributed by atoms with Gasteiger partial charge in [0, 0.05) is 17.3 Å². The van der Waals surface area contributed by atoms with Crippen LogP contribution in [0, 0.1) is 25.1 Å². The second kappa shape index (κ2) is 7.07. The predicted octanol–water partition coefficient (Wildman–Crippen LogP) is 2.71. The van der Waals surface area contributed by atoms with Crippen LogP contribution in [0.2, 0.25) is 0 Å². The fraction of sp³-hybridized carbons (Fsp3) is 0.105. The van der Waals surface area contributed by atoms with Gasteiger partial charge < -0.3 is 14.8 Å². The van der Waals surface area contributed by atoms with Gasteiger partial charge in [-0.2, -0.15) is 0 Å². The van der Waals surface area contributed by atoms with Gasteiger partial charge in [0.2, 0.25) is 0 Å². The van der Waals surface area contributed by atoms with E-state index in [-0.39, 0.29) is 29.1 Å². The van der Waals surface area contributed by atoms with E-state index in [1.165, 1.54) is 30.5 Å². The average Bonchev–Trinajstić information content (AvgIpc) is 3.26. The fourth-order valence-electron chi connectivity index (χ4n) is 2.50. The Kier molecular flexibility index (Phi) is 4.67. The maximum Gasteiger partial charge on any atom is 0.268 e. The average molecular weight is 351 g/mol. The number of aromatic amines is 1. The molecule has 0 aliphatic rings. The van der Waals surface area contributed by atoms with Crippen molar-refractivity contribution in [1.82, 2.24) is 15.5 Å². The summed E-state index contributed by atoms with van der Waals surface area (Å²) in [4.78, 5) is 27.5. The SMILES string of the molecule is C#CCNC(=O)c1cc(C(=O)c2c(-c3cccc(F)c3)noc2C)c[nH]1. The van der Waals surface area contributed by atoms with Crippen LogP contribution in [0.15, 0.2) is 41.1 Å². The van der Waals surface area contributed by atoms with E-state index in [0.717, 1.165) is 0 Å². The standard InChI is InChI=1S/C19H14FN3O3/c1-3-7-21-19(25)15-9-13(10-22-15)18(24)16-11(2)26-23-17(16)12-5-4-6-14(20)8-12/h1,4-6,8-10,22H,7H2,2H3,(H,21,25). The molecule has 1 amide bonds. The Hall–Kier alpha value is -3.66. The molecule has 3 aromatic rings. The second-order valence-corrected chi connectivity index (χ2v) is 5.49. The van der Waals surface area contributed by atoms with E-state index in [9.17, 15) is 14.0 Å². The van der Waals surface area contributed by atoms with Crippen molar-refractivity contribution in [3.8, 4) is 23.6 Å². The molecule has 0 atom stereocenters. The number of carbonyl (C=O) groups excluding carboxylic acids is 2. The summed E-state index contributed by atoms with van der Waals surface area (Å²) in [6, 6.07) is 7.13. The Bertz CT molecular complexity index is 1030. The molecule has 0 aliphatic heterocycles. The first-order valence-electron chi connectivity index (χ1n) is 7.68. The normalized spacial score (nSPS) is 10.3. The van der Waals surface area contributed by atoms with Crippen LogP contribution in [0.5, 0.6) is 0 Å². The number of benzene rings is 1. The number of H-pyrrole nitrogens is 1. The second-order valence-electron chi connectivity index (χ2n) is 5.49. The number of hydrogen-bond acceptors (Lipinski definition) is 4. The number of carbonyl (C=O) groups is 2. The summed E-state index contributed by atoms with van der Waals surface area (Å²) >= 11 is 0. The highest BCUT2D eigenvalue weighted by molar-refractivity contribution is 6.13. The first kappa shape index (κ1) is 17.2. The number of terminal acetylenes is 1. The van der Waals surface area contributed by atoms with Gasteiger partial charge in [-0.15, -0.1) is 6.42 Å². The summed E-state index contributed by atoms with van der Waals surface area (Å²) in [5.74, 6) is 1.33. The Morgan fingerprint density at radius 2 is 2.19 bits per heavy atom. The van der Waals surface area contributed by atoms with Gasteiger partial charge in [-0.3, -0.25) is 9.59 Å². The molecular formula is C19H14FN3O3. The summed E-state index contributed by atoms with van der Waals surface area (Å²) in [5.41, 5.74) is 1.33. The number of aryl methyl sites for hydroxylation is 1. The molecule has 2 N–H and O–H groups in total. The molecule has 2 heterocycles. The van der Waals surface area contributed by atoms with Crippen molar-refractivity contribution < 1.29 is 18.5 Å². The highest BCUT2D eigenvalue weighted by Crippen LogP contribution is 2.28. The molecule has 0 fully saturated rings. The maximum atomic E-state index is 13.5. The zero-order valence-electron chi connectivity index (χ0n) is 13.8. The molecule has 1 aromatic carbocycles. The largest absolute Gasteiger partial charge is 0.360 e.